The lowest BCUT2D eigenvalue weighted by atomic mass is 10.2. The van der Waals surface area contributed by atoms with Crippen LogP contribution in [0.1, 0.15) is 11.4 Å². The van der Waals surface area contributed by atoms with Crippen LogP contribution < -0.4 is 10.9 Å². The Bertz CT molecular complexity index is 994. The average molecular weight is 342 g/mol. The Morgan fingerprint density at radius 3 is 2.76 bits per heavy atom. The highest BCUT2D eigenvalue weighted by molar-refractivity contribution is 5.90. The molecule has 2 heterocycles. The van der Waals surface area contributed by atoms with Gasteiger partial charge < -0.3 is 14.4 Å². The minimum absolute atomic E-state index is 0.227. The number of amides is 1. The van der Waals surface area contributed by atoms with Crippen molar-refractivity contribution in [1.29, 1.82) is 0 Å². The highest BCUT2D eigenvalue weighted by Crippen LogP contribution is 2.16. The summed E-state index contributed by atoms with van der Waals surface area (Å²) in [5.74, 6) is -0.146. The molecule has 0 fully saturated rings. The Balaban J connectivity index is 1.78. The van der Waals surface area contributed by atoms with Crippen molar-refractivity contribution in [3.05, 3.63) is 64.1 Å². The van der Waals surface area contributed by atoms with Gasteiger partial charge in [-0.1, -0.05) is 11.2 Å². The van der Waals surface area contributed by atoms with E-state index in [1.165, 1.54) is 22.9 Å². The number of aromatic nitrogens is 3. The fraction of sp³-hybridized carbons (Fsp3) is 0.176. The topological polar surface area (TPSA) is 90.0 Å². The van der Waals surface area contributed by atoms with E-state index < -0.39 is 11.7 Å². The Morgan fingerprint density at radius 2 is 2.08 bits per heavy atom. The van der Waals surface area contributed by atoms with Gasteiger partial charge in [-0.05, 0) is 37.6 Å². The predicted octanol–water partition coefficient (Wildman–Crippen LogP) is 2.29. The fourth-order valence-electron chi connectivity index (χ4n) is 2.22. The largest absolute Gasteiger partial charge is 0.334 e. The molecule has 1 aromatic carbocycles. The van der Waals surface area contributed by atoms with Gasteiger partial charge in [-0.25, -0.2) is 4.39 Å². The van der Waals surface area contributed by atoms with E-state index in [2.05, 4.69) is 15.5 Å². The summed E-state index contributed by atoms with van der Waals surface area (Å²) in [7, 11) is 0. The number of carbonyl (C=O) groups is 1. The van der Waals surface area contributed by atoms with Gasteiger partial charge in [-0.15, -0.1) is 0 Å². The van der Waals surface area contributed by atoms with Gasteiger partial charge in [0.2, 0.25) is 5.91 Å². The number of anilines is 1. The van der Waals surface area contributed by atoms with Crippen molar-refractivity contribution in [2.45, 2.75) is 20.4 Å². The number of hydrogen-bond acceptors (Lipinski definition) is 5. The number of carbonyl (C=O) groups excluding carboxylic acids is 1. The molecule has 0 atom stereocenters. The molecule has 0 aliphatic carbocycles. The quantitative estimate of drug-likeness (QED) is 0.786. The Morgan fingerprint density at radius 1 is 1.28 bits per heavy atom. The predicted molar refractivity (Wildman–Crippen MR) is 88.5 cm³/mol. The summed E-state index contributed by atoms with van der Waals surface area (Å²) in [5, 5.41) is 6.25. The van der Waals surface area contributed by atoms with Crippen LogP contribution >= 0.6 is 0 Å². The van der Waals surface area contributed by atoms with Crippen LogP contribution in [0.25, 0.3) is 11.5 Å². The van der Waals surface area contributed by atoms with Gasteiger partial charge >= 0.3 is 0 Å². The number of hydrogen-bond donors (Lipinski definition) is 1. The minimum Gasteiger partial charge on any atom is -0.334 e. The normalized spacial score (nSPS) is 10.7. The lowest BCUT2D eigenvalue weighted by molar-refractivity contribution is -0.116. The molecule has 0 spiro atoms. The third kappa shape index (κ3) is 3.79. The summed E-state index contributed by atoms with van der Waals surface area (Å²) >= 11 is 0. The number of rotatable bonds is 4. The molecule has 25 heavy (non-hydrogen) atoms. The van der Waals surface area contributed by atoms with Gasteiger partial charge in [0, 0.05) is 18.0 Å². The van der Waals surface area contributed by atoms with Crippen molar-refractivity contribution >= 4 is 11.6 Å². The molecule has 2 aromatic heterocycles. The van der Waals surface area contributed by atoms with Gasteiger partial charge in [0.15, 0.2) is 5.82 Å². The van der Waals surface area contributed by atoms with E-state index in [-0.39, 0.29) is 18.0 Å². The van der Waals surface area contributed by atoms with Crippen molar-refractivity contribution in [3.63, 3.8) is 0 Å². The molecule has 1 amide bonds. The monoisotopic (exact) mass is 342 g/mol. The van der Waals surface area contributed by atoms with Crippen LogP contribution in [-0.2, 0) is 11.3 Å². The molecule has 0 aliphatic rings. The van der Waals surface area contributed by atoms with Crippen LogP contribution in [0.3, 0.4) is 0 Å². The standard InChI is InChI=1S/C17H15FN4O3/c1-10-3-5-13(7-14(10)18)20-15(23)9-22-8-12(4-6-16(22)24)17-19-11(2)21-25-17/h3-8H,9H2,1-2H3,(H,20,23). The summed E-state index contributed by atoms with van der Waals surface area (Å²) < 4.78 is 19.8. The molecule has 7 nitrogen and oxygen atoms in total. The van der Waals surface area contributed by atoms with Gasteiger partial charge in [0.25, 0.3) is 11.4 Å². The van der Waals surface area contributed by atoms with Crippen LogP contribution in [0.2, 0.25) is 0 Å². The number of halogens is 1. The first kappa shape index (κ1) is 16.6. The Hall–Kier alpha value is -3.29. The molecule has 128 valence electrons. The second-order valence-electron chi connectivity index (χ2n) is 5.54. The summed E-state index contributed by atoms with van der Waals surface area (Å²) in [4.78, 5) is 28.2. The SMILES string of the molecule is Cc1noc(-c2ccc(=O)n(CC(=O)Nc3ccc(C)c(F)c3)c2)n1. The molecular weight excluding hydrogens is 327 g/mol. The molecule has 8 heteroatoms. The summed E-state index contributed by atoms with van der Waals surface area (Å²) in [6, 6.07) is 7.24. The molecule has 0 radical (unpaired) electrons. The summed E-state index contributed by atoms with van der Waals surface area (Å²) in [5.41, 5.74) is 0.973. The zero-order chi connectivity index (χ0) is 18.0. The maximum atomic E-state index is 13.5. The number of aryl methyl sites for hydroxylation is 2. The molecular formula is C17H15FN4O3. The first-order valence-electron chi connectivity index (χ1n) is 7.49. The molecule has 0 unspecified atom stereocenters. The van der Waals surface area contributed by atoms with E-state index in [9.17, 15) is 14.0 Å². The smallest absolute Gasteiger partial charge is 0.259 e. The highest BCUT2D eigenvalue weighted by Gasteiger charge is 2.11. The lowest BCUT2D eigenvalue weighted by Gasteiger charge is -2.09. The second kappa shape index (κ2) is 6.68. The highest BCUT2D eigenvalue weighted by atomic mass is 19.1. The molecule has 0 saturated carbocycles. The van der Waals surface area contributed by atoms with Crippen LogP contribution in [0.4, 0.5) is 10.1 Å². The van der Waals surface area contributed by atoms with E-state index in [0.717, 1.165) is 0 Å². The van der Waals surface area contributed by atoms with E-state index in [1.807, 2.05) is 0 Å². The van der Waals surface area contributed by atoms with Gasteiger partial charge in [-0.2, -0.15) is 4.98 Å². The molecule has 3 rings (SSSR count). The van der Waals surface area contributed by atoms with Crippen molar-refractivity contribution in [2.24, 2.45) is 0 Å². The number of pyridine rings is 1. The van der Waals surface area contributed by atoms with Gasteiger partial charge in [0.1, 0.15) is 12.4 Å². The first-order chi connectivity index (χ1) is 11.9. The van der Waals surface area contributed by atoms with Gasteiger partial charge in [-0.3, -0.25) is 9.59 Å². The van der Waals surface area contributed by atoms with Crippen molar-refractivity contribution in [1.82, 2.24) is 14.7 Å². The Labute approximate surface area is 142 Å². The number of benzene rings is 1. The fourth-order valence-corrected chi connectivity index (χ4v) is 2.22. The van der Waals surface area contributed by atoms with Crippen LogP contribution in [0.15, 0.2) is 45.8 Å². The van der Waals surface area contributed by atoms with Gasteiger partial charge in [0.05, 0.1) is 5.56 Å². The van der Waals surface area contributed by atoms with E-state index in [4.69, 9.17) is 4.52 Å². The minimum atomic E-state index is -0.454. The van der Waals surface area contributed by atoms with Crippen LogP contribution in [-0.4, -0.2) is 20.6 Å². The third-order valence-corrected chi connectivity index (χ3v) is 3.53. The summed E-state index contributed by atoms with van der Waals surface area (Å²) in [6.07, 6.45) is 1.46. The second-order valence-corrected chi connectivity index (χ2v) is 5.54. The molecule has 0 bridgehead atoms. The average Bonchev–Trinajstić information content (AvgIpc) is 2.99. The zero-order valence-corrected chi connectivity index (χ0v) is 13.6. The molecule has 1 N–H and O–H groups in total. The van der Waals surface area contributed by atoms with Crippen LogP contribution in [0.5, 0.6) is 0 Å². The maximum absolute atomic E-state index is 13.5. The summed E-state index contributed by atoms with van der Waals surface area (Å²) in [6.45, 7) is 3.08. The van der Waals surface area contributed by atoms with E-state index in [0.29, 0.717) is 22.6 Å². The van der Waals surface area contributed by atoms with Crippen molar-refractivity contribution in [2.75, 3.05) is 5.32 Å². The van der Waals surface area contributed by atoms with Crippen molar-refractivity contribution < 1.29 is 13.7 Å². The molecule has 0 aliphatic heterocycles. The van der Waals surface area contributed by atoms with Crippen LogP contribution in [0, 0.1) is 19.7 Å². The lowest BCUT2D eigenvalue weighted by Crippen LogP contribution is -2.26. The van der Waals surface area contributed by atoms with E-state index >= 15 is 0 Å². The van der Waals surface area contributed by atoms with Crippen molar-refractivity contribution in [3.8, 4) is 11.5 Å². The number of nitrogens with zero attached hydrogens (tertiary/aromatic N) is 3. The van der Waals surface area contributed by atoms with E-state index in [1.54, 1.807) is 32.0 Å². The maximum Gasteiger partial charge on any atom is 0.259 e. The third-order valence-electron chi connectivity index (χ3n) is 3.53. The first-order valence-corrected chi connectivity index (χ1v) is 7.49. The zero-order valence-electron chi connectivity index (χ0n) is 13.6. The molecule has 0 saturated heterocycles. The Kier molecular flexibility index (Phi) is 4.42. The number of nitrogens with one attached hydrogen (secondary N) is 1. The molecule has 3 aromatic rings.